The maximum Gasteiger partial charge on any atom is 0.237 e. The van der Waals surface area contributed by atoms with Crippen LogP contribution >= 0.6 is 23.4 Å². The summed E-state index contributed by atoms with van der Waals surface area (Å²) in [4.78, 5) is 12.2. The first-order chi connectivity index (χ1) is 12.7. The molecule has 8 heteroatoms. The van der Waals surface area contributed by atoms with Crippen LogP contribution in [0, 0.1) is 0 Å². The third-order valence-corrected chi connectivity index (χ3v) is 5.23. The summed E-state index contributed by atoms with van der Waals surface area (Å²) in [6, 6.07) is 15.1. The average Bonchev–Trinajstić information content (AvgIpc) is 3.20. The molecule has 1 N–H and O–H groups in total. The molecule has 0 saturated carbocycles. The zero-order valence-electron chi connectivity index (χ0n) is 14.0. The molecule has 132 valence electrons. The van der Waals surface area contributed by atoms with Crippen molar-refractivity contribution in [2.75, 3.05) is 11.1 Å². The van der Waals surface area contributed by atoms with Crippen molar-refractivity contribution in [1.82, 2.24) is 19.2 Å². The summed E-state index contributed by atoms with van der Waals surface area (Å²) in [6.07, 6.45) is 0. The normalized spacial score (nSPS) is 11.3. The fraction of sp³-hybridized carbons (Fsp3) is 0.167. The number of para-hydroxylation sites is 2. The van der Waals surface area contributed by atoms with Crippen LogP contribution in [0.4, 0.5) is 5.69 Å². The van der Waals surface area contributed by atoms with Crippen LogP contribution in [0.2, 0.25) is 5.02 Å². The lowest BCUT2D eigenvalue weighted by atomic mass is 10.3. The molecule has 4 rings (SSSR count). The van der Waals surface area contributed by atoms with E-state index in [9.17, 15) is 4.79 Å². The van der Waals surface area contributed by atoms with Crippen LogP contribution in [-0.4, -0.2) is 30.8 Å². The third kappa shape index (κ3) is 3.04. The Morgan fingerprint density at radius 3 is 2.58 bits per heavy atom. The van der Waals surface area contributed by atoms with Crippen molar-refractivity contribution in [3.05, 3.63) is 53.6 Å². The molecule has 0 radical (unpaired) electrons. The van der Waals surface area contributed by atoms with Crippen molar-refractivity contribution < 1.29 is 4.79 Å². The summed E-state index contributed by atoms with van der Waals surface area (Å²) in [7, 11) is 0. The van der Waals surface area contributed by atoms with E-state index in [1.807, 2.05) is 22.6 Å². The van der Waals surface area contributed by atoms with Gasteiger partial charge >= 0.3 is 0 Å². The first-order valence-corrected chi connectivity index (χ1v) is 9.54. The number of nitrogens with one attached hydrogen (secondary N) is 1. The largest absolute Gasteiger partial charge is 0.325 e. The van der Waals surface area contributed by atoms with Crippen molar-refractivity contribution >= 4 is 51.8 Å². The Hall–Kier alpha value is -2.51. The first-order valence-electron chi connectivity index (χ1n) is 8.18. The minimum atomic E-state index is -0.103. The molecule has 0 aliphatic heterocycles. The second kappa shape index (κ2) is 7.01. The van der Waals surface area contributed by atoms with Crippen molar-refractivity contribution in [3.63, 3.8) is 0 Å². The van der Waals surface area contributed by atoms with Gasteiger partial charge < -0.3 is 9.88 Å². The van der Waals surface area contributed by atoms with Gasteiger partial charge in [0.05, 0.1) is 16.8 Å². The highest BCUT2D eigenvalue weighted by atomic mass is 35.5. The summed E-state index contributed by atoms with van der Waals surface area (Å²) in [5, 5.41) is 12.8. The van der Waals surface area contributed by atoms with Crippen molar-refractivity contribution in [2.45, 2.75) is 18.6 Å². The topological polar surface area (TPSA) is 64.2 Å². The van der Waals surface area contributed by atoms with Crippen LogP contribution in [0.25, 0.3) is 16.8 Å². The van der Waals surface area contributed by atoms with E-state index in [-0.39, 0.29) is 11.7 Å². The molecule has 0 atom stereocenters. The number of nitrogens with zero attached hydrogens (tertiary/aromatic N) is 4. The molecule has 2 aromatic carbocycles. The van der Waals surface area contributed by atoms with Gasteiger partial charge in [-0.25, -0.2) is 0 Å². The number of aryl methyl sites for hydroxylation is 1. The zero-order valence-corrected chi connectivity index (χ0v) is 15.6. The summed E-state index contributed by atoms with van der Waals surface area (Å²) >= 11 is 7.22. The van der Waals surface area contributed by atoms with Gasteiger partial charge in [-0.15, -0.1) is 10.2 Å². The highest BCUT2D eigenvalue weighted by Crippen LogP contribution is 2.25. The maximum atomic E-state index is 12.2. The van der Waals surface area contributed by atoms with Gasteiger partial charge in [0.25, 0.3) is 0 Å². The second-order valence-corrected chi connectivity index (χ2v) is 7.07. The number of imidazole rings is 1. The summed E-state index contributed by atoms with van der Waals surface area (Å²) < 4.78 is 4.11. The summed E-state index contributed by atoms with van der Waals surface area (Å²) in [5.74, 6) is 0.928. The molecule has 0 aliphatic rings. The number of benzene rings is 2. The molecule has 0 fully saturated rings. The SMILES string of the molecule is CCn1c2ccccc2n2c(SCC(=O)Nc3ccc(Cl)cc3)nnc12. The van der Waals surface area contributed by atoms with E-state index in [0.717, 1.165) is 23.4 Å². The van der Waals surface area contributed by atoms with E-state index >= 15 is 0 Å². The number of amides is 1. The Morgan fingerprint density at radius 1 is 1.12 bits per heavy atom. The van der Waals surface area contributed by atoms with Gasteiger partial charge in [0.2, 0.25) is 11.7 Å². The molecule has 26 heavy (non-hydrogen) atoms. The van der Waals surface area contributed by atoms with Gasteiger partial charge in [-0.05, 0) is 43.3 Å². The van der Waals surface area contributed by atoms with Crippen LogP contribution in [0.1, 0.15) is 6.92 Å². The fourth-order valence-corrected chi connectivity index (χ4v) is 3.77. The fourth-order valence-electron chi connectivity index (χ4n) is 2.90. The second-order valence-electron chi connectivity index (χ2n) is 5.69. The van der Waals surface area contributed by atoms with E-state index in [0.29, 0.717) is 15.9 Å². The van der Waals surface area contributed by atoms with E-state index in [2.05, 4.69) is 33.1 Å². The van der Waals surface area contributed by atoms with Crippen LogP contribution in [0.3, 0.4) is 0 Å². The van der Waals surface area contributed by atoms with E-state index in [1.54, 1.807) is 24.3 Å². The number of fused-ring (bicyclic) bond motifs is 3. The molecule has 0 saturated heterocycles. The Kier molecular flexibility index (Phi) is 4.57. The molecule has 0 spiro atoms. The number of hydrogen-bond donors (Lipinski definition) is 1. The maximum absolute atomic E-state index is 12.2. The van der Waals surface area contributed by atoms with Crippen LogP contribution in [-0.2, 0) is 11.3 Å². The van der Waals surface area contributed by atoms with Gasteiger partial charge in [0.1, 0.15) is 0 Å². The number of aromatic nitrogens is 4. The first kappa shape index (κ1) is 16.9. The molecule has 4 aromatic rings. The predicted molar refractivity (Wildman–Crippen MR) is 105 cm³/mol. The highest BCUT2D eigenvalue weighted by molar-refractivity contribution is 7.99. The lowest BCUT2D eigenvalue weighted by Gasteiger charge is -2.04. The summed E-state index contributed by atoms with van der Waals surface area (Å²) in [5.41, 5.74) is 2.86. The average molecular weight is 386 g/mol. The monoisotopic (exact) mass is 385 g/mol. The summed E-state index contributed by atoms with van der Waals surface area (Å²) in [6.45, 7) is 2.88. The Balaban J connectivity index is 1.56. The van der Waals surface area contributed by atoms with Gasteiger partial charge in [0.15, 0.2) is 5.16 Å². The minimum Gasteiger partial charge on any atom is -0.325 e. The number of rotatable bonds is 5. The Bertz CT molecular complexity index is 1090. The van der Waals surface area contributed by atoms with Gasteiger partial charge in [0, 0.05) is 17.3 Å². The molecule has 2 heterocycles. The molecule has 0 aliphatic carbocycles. The number of carbonyl (C=O) groups excluding carboxylic acids is 1. The molecule has 6 nitrogen and oxygen atoms in total. The molecule has 0 bridgehead atoms. The standard InChI is InChI=1S/C18H16ClN5OS/c1-2-23-14-5-3-4-6-15(14)24-17(23)21-22-18(24)26-11-16(25)20-13-9-7-12(19)8-10-13/h3-10H,2,11H2,1H3,(H,20,25). The van der Waals surface area contributed by atoms with Crippen LogP contribution < -0.4 is 5.32 Å². The number of anilines is 1. The van der Waals surface area contributed by atoms with E-state index < -0.39 is 0 Å². The van der Waals surface area contributed by atoms with Crippen LogP contribution in [0.15, 0.2) is 53.7 Å². The number of halogens is 1. The van der Waals surface area contributed by atoms with E-state index in [1.165, 1.54) is 11.8 Å². The van der Waals surface area contributed by atoms with Crippen molar-refractivity contribution in [3.8, 4) is 0 Å². The predicted octanol–water partition coefficient (Wildman–Crippen LogP) is 4.09. The lowest BCUT2D eigenvalue weighted by Crippen LogP contribution is -2.14. The smallest absolute Gasteiger partial charge is 0.237 e. The number of hydrogen-bond acceptors (Lipinski definition) is 4. The number of carbonyl (C=O) groups is 1. The minimum absolute atomic E-state index is 0.103. The van der Waals surface area contributed by atoms with Crippen LogP contribution in [0.5, 0.6) is 0 Å². The van der Waals surface area contributed by atoms with E-state index in [4.69, 9.17) is 11.6 Å². The van der Waals surface area contributed by atoms with Crippen molar-refractivity contribution in [1.29, 1.82) is 0 Å². The molecular formula is C18H16ClN5OS. The quantitative estimate of drug-likeness (QED) is 0.525. The Labute approximate surface area is 159 Å². The highest BCUT2D eigenvalue weighted by Gasteiger charge is 2.16. The molecule has 0 unspecified atom stereocenters. The van der Waals surface area contributed by atoms with Gasteiger partial charge in [-0.1, -0.05) is 35.5 Å². The Morgan fingerprint density at radius 2 is 1.85 bits per heavy atom. The molecule has 1 amide bonds. The van der Waals surface area contributed by atoms with Gasteiger partial charge in [-0.3, -0.25) is 9.20 Å². The van der Waals surface area contributed by atoms with Crippen molar-refractivity contribution in [2.24, 2.45) is 0 Å². The molecule has 2 aromatic heterocycles. The molecular weight excluding hydrogens is 370 g/mol. The van der Waals surface area contributed by atoms with Gasteiger partial charge in [-0.2, -0.15) is 0 Å². The lowest BCUT2D eigenvalue weighted by molar-refractivity contribution is -0.113. The zero-order chi connectivity index (χ0) is 18.1. The third-order valence-electron chi connectivity index (χ3n) is 4.05. The number of thioether (sulfide) groups is 1.